The molecule has 2 amide bonds. The van der Waals surface area contributed by atoms with Crippen molar-refractivity contribution in [1.29, 1.82) is 0 Å². The van der Waals surface area contributed by atoms with Crippen LogP contribution in [0.1, 0.15) is 43.6 Å². The number of sulfonamides is 1. The van der Waals surface area contributed by atoms with Crippen LogP contribution < -0.4 is 19.7 Å². The van der Waals surface area contributed by atoms with Crippen molar-refractivity contribution in [3.05, 3.63) is 114 Å². The Labute approximate surface area is 247 Å². The van der Waals surface area contributed by atoms with Crippen LogP contribution in [-0.2, 0) is 20.2 Å². The second-order valence-electron chi connectivity index (χ2n) is 11.0. The molecule has 0 spiro atoms. The largest absolute Gasteiger partial charge is 0.457 e. The van der Waals surface area contributed by atoms with Crippen LogP contribution in [0.5, 0.6) is 11.5 Å². The summed E-state index contributed by atoms with van der Waals surface area (Å²) in [4.78, 5) is 26.0. The SMILES string of the molecule is CC(C(=O)Nc1cccc(NC(=O)c2ccc(C(C)(C)C)cc2)c1)N(c1ccc(Oc2ccccc2)cc1)S(C)(=O)=O. The van der Waals surface area contributed by atoms with Gasteiger partial charge in [-0.1, -0.05) is 57.2 Å². The van der Waals surface area contributed by atoms with Crippen LogP contribution >= 0.6 is 0 Å². The standard InChI is InChI=1S/C33H35N3O5S/c1-23(36(42(5,39)40)28-18-20-30(21-19-28)41-29-12-7-6-8-13-29)31(37)34-26-10-9-11-27(22-26)35-32(38)24-14-16-25(17-15-24)33(2,3)4/h6-23H,1-5H3,(H,34,37)(H,35,38). The lowest BCUT2D eigenvalue weighted by molar-refractivity contribution is -0.116. The highest BCUT2D eigenvalue weighted by atomic mass is 32.2. The average molecular weight is 586 g/mol. The average Bonchev–Trinajstić information content (AvgIpc) is 2.93. The van der Waals surface area contributed by atoms with Gasteiger partial charge in [-0.15, -0.1) is 0 Å². The molecule has 0 saturated carbocycles. The van der Waals surface area contributed by atoms with E-state index in [9.17, 15) is 18.0 Å². The van der Waals surface area contributed by atoms with E-state index in [2.05, 4.69) is 31.4 Å². The molecule has 0 aliphatic heterocycles. The molecule has 8 nitrogen and oxygen atoms in total. The molecule has 1 atom stereocenters. The number of nitrogens with one attached hydrogen (secondary N) is 2. The molecule has 0 radical (unpaired) electrons. The minimum atomic E-state index is -3.82. The van der Waals surface area contributed by atoms with Gasteiger partial charge in [0.15, 0.2) is 0 Å². The molecular weight excluding hydrogens is 550 g/mol. The molecule has 2 N–H and O–H groups in total. The summed E-state index contributed by atoms with van der Waals surface area (Å²) in [6, 6.07) is 28.7. The van der Waals surface area contributed by atoms with E-state index in [-0.39, 0.29) is 11.3 Å². The lowest BCUT2D eigenvalue weighted by Gasteiger charge is -2.28. The maximum absolute atomic E-state index is 13.2. The molecule has 4 aromatic rings. The summed E-state index contributed by atoms with van der Waals surface area (Å²) in [5.41, 5.74) is 2.82. The van der Waals surface area contributed by atoms with Gasteiger partial charge in [-0.05, 0) is 84.6 Å². The zero-order valence-corrected chi connectivity index (χ0v) is 25.1. The van der Waals surface area contributed by atoms with Gasteiger partial charge in [-0.3, -0.25) is 13.9 Å². The number of amides is 2. The molecule has 218 valence electrons. The van der Waals surface area contributed by atoms with Crippen LogP contribution in [0.3, 0.4) is 0 Å². The number of benzene rings is 4. The van der Waals surface area contributed by atoms with Gasteiger partial charge < -0.3 is 15.4 Å². The third-order valence-corrected chi connectivity index (χ3v) is 7.80. The van der Waals surface area contributed by atoms with E-state index in [1.807, 2.05) is 42.5 Å². The van der Waals surface area contributed by atoms with Gasteiger partial charge in [0.2, 0.25) is 15.9 Å². The lowest BCUT2D eigenvalue weighted by Crippen LogP contribution is -2.45. The fourth-order valence-electron chi connectivity index (χ4n) is 4.34. The maximum atomic E-state index is 13.2. The number of nitrogens with zero attached hydrogens (tertiary/aromatic N) is 1. The van der Waals surface area contributed by atoms with E-state index in [1.54, 1.807) is 60.7 Å². The molecule has 4 rings (SSSR count). The van der Waals surface area contributed by atoms with Crippen LogP contribution in [0, 0.1) is 0 Å². The summed E-state index contributed by atoms with van der Waals surface area (Å²) < 4.78 is 32.4. The van der Waals surface area contributed by atoms with E-state index in [4.69, 9.17) is 4.74 Å². The molecule has 0 saturated heterocycles. The summed E-state index contributed by atoms with van der Waals surface area (Å²) in [5, 5.41) is 5.61. The van der Waals surface area contributed by atoms with Gasteiger partial charge in [0, 0.05) is 16.9 Å². The monoisotopic (exact) mass is 585 g/mol. The predicted octanol–water partition coefficient (Wildman–Crippen LogP) is 6.82. The highest BCUT2D eigenvalue weighted by molar-refractivity contribution is 7.92. The number of hydrogen-bond donors (Lipinski definition) is 2. The molecule has 0 aromatic heterocycles. The number of hydrogen-bond acceptors (Lipinski definition) is 5. The van der Waals surface area contributed by atoms with E-state index in [0.717, 1.165) is 16.1 Å². The summed E-state index contributed by atoms with van der Waals surface area (Å²) in [6.45, 7) is 7.83. The van der Waals surface area contributed by atoms with Crippen molar-refractivity contribution in [2.75, 3.05) is 21.2 Å². The molecule has 0 bridgehead atoms. The van der Waals surface area contributed by atoms with Crippen LogP contribution in [-0.4, -0.2) is 32.5 Å². The Morgan fingerprint density at radius 3 is 1.90 bits per heavy atom. The summed E-state index contributed by atoms with van der Waals surface area (Å²) >= 11 is 0. The lowest BCUT2D eigenvalue weighted by atomic mass is 9.87. The zero-order chi connectivity index (χ0) is 30.5. The van der Waals surface area contributed by atoms with Crippen molar-refractivity contribution in [3.8, 4) is 11.5 Å². The minimum absolute atomic E-state index is 0.0222. The normalized spacial score (nSPS) is 12.2. The Morgan fingerprint density at radius 2 is 1.33 bits per heavy atom. The Balaban J connectivity index is 1.45. The summed E-state index contributed by atoms with van der Waals surface area (Å²) in [5.74, 6) is 0.357. The van der Waals surface area contributed by atoms with Crippen molar-refractivity contribution in [1.82, 2.24) is 0 Å². The Morgan fingerprint density at radius 1 is 0.762 bits per heavy atom. The summed E-state index contributed by atoms with van der Waals surface area (Å²) in [6.07, 6.45) is 1.05. The molecular formula is C33H35N3O5S. The number of ether oxygens (including phenoxy) is 1. The van der Waals surface area contributed by atoms with Gasteiger partial charge in [-0.25, -0.2) is 8.42 Å². The van der Waals surface area contributed by atoms with Crippen molar-refractivity contribution in [2.45, 2.75) is 39.2 Å². The Hall–Kier alpha value is -4.63. The Kier molecular flexibility index (Phi) is 9.02. The molecule has 0 aliphatic carbocycles. The topological polar surface area (TPSA) is 105 Å². The molecule has 0 heterocycles. The van der Waals surface area contributed by atoms with Crippen molar-refractivity contribution in [2.24, 2.45) is 0 Å². The highest BCUT2D eigenvalue weighted by Gasteiger charge is 2.29. The van der Waals surface area contributed by atoms with E-state index in [1.165, 1.54) is 6.92 Å². The molecule has 0 aliphatic rings. The second-order valence-corrected chi connectivity index (χ2v) is 12.9. The third kappa shape index (κ3) is 7.76. The quantitative estimate of drug-likeness (QED) is 0.224. The first-order valence-electron chi connectivity index (χ1n) is 13.5. The fourth-order valence-corrected chi connectivity index (χ4v) is 5.52. The molecule has 1 unspecified atom stereocenters. The smallest absolute Gasteiger partial charge is 0.255 e. The first kappa shape index (κ1) is 30.3. The van der Waals surface area contributed by atoms with Gasteiger partial charge in [0.1, 0.15) is 17.5 Å². The summed E-state index contributed by atoms with van der Waals surface area (Å²) in [7, 11) is -3.82. The molecule has 42 heavy (non-hydrogen) atoms. The number of anilines is 3. The first-order chi connectivity index (χ1) is 19.8. The van der Waals surface area contributed by atoms with Crippen molar-refractivity contribution >= 4 is 38.9 Å². The van der Waals surface area contributed by atoms with Crippen molar-refractivity contribution < 1.29 is 22.7 Å². The van der Waals surface area contributed by atoms with Crippen LogP contribution in [0.15, 0.2) is 103 Å². The Bertz CT molecular complexity index is 1650. The fraction of sp³-hybridized carbons (Fsp3) is 0.212. The van der Waals surface area contributed by atoms with Crippen LogP contribution in [0.2, 0.25) is 0 Å². The molecule has 9 heteroatoms. The van der Waals surface area contributed by atoms with Gasteiger partial charge in [-0.2, -0.15) is 0 Å². The van der Waals surface area contributed by atoms with E-state index < -0.39 is 22.0 Å². The number of rotatable bonds is 9. The van der Waals surface area contributed by atoms with E-state index >= 15 is 0 Å². The zero-order valence-electron chi connectivity index (χ0n) is 24.3. The van der Waals surface area contributed by atoms with E-state index in [0.29, 0.717) is 34.1 Å². The van der Waals surface area contributed by atoms with Crippen molar-refractivity contribution in [3.63, 3.8) is 0 Å². The predicted molar refractivity (Wildman–Crippen MR) is 168 cm³/mol. The third-order valence-electron chi connectivity index (χ3n) is 6.56. The highest BCUT2D eigenvalue weighted by Crippen LogP contribution is 2.28. The van der Waals surface area contributed by atoms with Gasteiger partial charge >= 0.3 is 0 Å². The molecule has 0 fully saturated rings. The second kappa shape index (κ2) is 12.5. The van der Waals surface area contributed by atoms with Crippen LogP contribution in [0.25, 0.3) is 0 Å². The van der Waals surface area contributed by atoms with Gasteiger partial charge in [0.25, 0.3) is 5.91 Å². The van der Waals surface area contributed by atoms with Gasteiger partial charge in [0.05, 0.1) is 11.9 Å². The number of carbonyl (C=O) groups is 2. The van der Waals surface area contributed by atoms with Crippen LogP contribution in [0.4, 0.5) is 17.1 Å². The number of para-hydroxylation sites is 1. The number of carbonyl (C=O) groups excluding carboxylic acids is 2. The first-order valence-corrected chi connectivity index (χ1v) is 15.3. The maximum Gasteiger partial charge on any atom is 0.255 e. The minimum Gasteiger partial charge on any atom is -0.457 e. The molecule has 4 aromatic carbocycles.